The van der Waals surface area contributed by atoms with Crippen LogP contribution in [-0.2, 0) is 11.2 Å². The molecule has 2 aromatic rings. The van der Waals surface area contributed by atoms with Crippen molar-refractivity contribution in [3.05, 3.63) is 60.2 Å². The molecule has 0 saturated carbocycles. The first-order valence-electron chi connectivity index (χ1n) is 7.23. The maximum absolute atomic E-state index is 11.7. The molecule has 2 rings (SSSR count). The second-order valence-corrected chi connectivity index (χ2v) is 4.88. The first-order valence-corrected chi connectivity index (χ1v) is 7.23. The molecule has 0 aliphatic carbocycles. The Morgan fingerprint density at radius 1 is 1.00 bits per heavy atom. The van der Waals surface area contributed by atoms with Crippen molar-refractivity contribution in [2.24, 2.45) is 5.73 Å². The molecule has 0 aliphatic heterocycles. The molecule has 0 aliphatic rings. The van der Waals surface area contributed by atoms with Crippen LogP contribution in [0.1, 0.15) is 5.56 Å². The number of hydrogen-bond acceptors (Lipinski definition) is 3. The van der Waals surface area contributed by atoms with Gasteiger partial charge in [0.1, 0.15) is 12.4 Å². The Morgan fingerprint density at radius 2 is 1.70 bits per heavy atom. The van der Waals surface area contributed by atoms with Crippen LogP contribution in [-0.4, -0.2) is 25.1 Å². The molecule has 6 nitrogen and oxygen atoms in total. The van der Waals surface area contributed by atoms with Crippen molar-refractivity contribution in [2.45, 2.75) is 6.42 Å². The van der Waals surface area contributed by atoms with Crippen molar-refractivity contribution in [1.82, 2.24) is 5.32 Å². The third-order valence-electron chi connectivity index (χ3n) is 2.99. The molecule has 0 aromatic heterocycles. The van der Waals surface area contributed by atoms with E-state index in [9.17, 15) is 9.59 Å². The fourth-order valence-corrected chi connectivity index (χ4v) is 1.93. The lowest BCUT2D eigenvalue weighted by Gasteiger charge is -2.09. The molecule has 0 fully saturated rings. The fourth-order valence-electron chi connectivity index (χ4n) is 1.93. The van der Waals surface area contributed by atoms with E-state index in [1.54, 1.807) is 24.3 Å². The number of hydrogen-bond donors (Lipinski definition) is 3. The third kappa shape index (κ3) is 6.09. The summed E-state index contributed by atoms with van der Waals surface area (Å²) in [5.74, 6) is 0.376. The van der Waals surface area contributed by atoms with Gasteiger partial charge in [0.25, 0.3) is 0 Å². The summed E-state index contributed by atoms with van der Waals surface area (Å²) in [6, 6.07) is 16.0. The number of nitrogens with two attached hydrogens (primary N) is 1. The van der Waals surface area contributed by atoms with Gasteiger partial charge in [0.15, 0.2) is 0 Å². The lowest BCUT2D eigenvalue weighted by molar-refractivity contribution is -0.117. The molecule has 6 heteroatoms. The normalized spacial score (nSPS) is 9.91. The molecular weight excluding hydrogens is 294 g/mol. The number of primary amides is 1. The lowest BCUT2D eigenvalue weighted by atomic mass is 10.1. The Bertz CT molecular complexity index is 642. The molecule has 0 saturated heterocycles. The van der Waals surface area contributed by atoms with Gasteiger partial charge in [-0.05, 0) is 29.8 Å². The van der Waals surface area contributed by atoms with Gasteiger partial charge >= 0.3 is 6.03 Å². The highest BCUT2D eigenvalue weighted by Gasteiger charge is 2.02. The van der Waals surface area contributed by atoms with Crippen molar-refractivity contribution in [3.8, 4) is 5.75 Å². The zero-order valence-electron chi connectivity index (χ0n) is 12.6. The predicted octanol–water partition coefficient (Wildman–Crippen LogP) is 1.91. The average Bonchev–Trinajstić information content (AvgIpc) is 2.54. The largest absolute Gasteiger partial charge is 0.492 e. The monoisotopic (exact) mass is 313 g/mol. The molecule has 0 bridgehead atoms. The first-order chi connectivity index (χ1) is 11.1. The van der Waals surface area contributed by atoms with E-state index in [1.807, 2.05) is 30.3 Å². The van der Waals surface area contributed by atoms with E-state index in [0.717, 1.165) is 11.3 Å². The quantitative estimate of drug-likeness (QED) is 0.682. The van der Waals surface area contributed by atoms with E-state index >= 15 is 0 Å². The van der Waals surface area contributed by atoms with Crippen LogP contribution in [0.5, 0.6) is 5.75 Å². The highest BCUT2D eigenvalue weighted by Crippen LogP contribution is 2.10. The summed E-state index contributed by atoms with van der Waals surface area (Å²) in [6.07, 6.45) is 0.184. The summed E-state index contributed by atoms with van der Waals surface area (Å²) >= 11 is 0. The summed E-state index contributed by atoms with van der Waals surface area (Å²) in [4.78, 5) is 22.5. The number of benzene rings is 2. The van der Waals surface area contributed by atoms with Crippen molar-refractivity contribution >= 4 is 17.6 Å². The van der Waals surface area contributed by atoms with Crippen LogP contribution < -0.4 is 21.1 Å². The van der Waals surface area contributed by atoms with Crippen LogP contribution in [0.2, 0.25) is 0 Å². The smallest absolute Gasteiger partial charge is 0.319 e. The van der Waals surface area contributed by atoms with Gasteiger partial charge in [-0.15, -0.1) is 0 Å². The number of urea groups is 1. The maximum atomic E-state index is 11.7. The van der Waals surface area contributed by atoms with E-state index in [4.69, 9.17) is 10.5 Å². The standard InChI is InChI=1S/C17H19N3O3/c18-16(21)12-13-6-8-14(9-7-13)20-17(22)19-10-11-23-15-4-2-1-3-5-15/h1-9H,10-12H2,(H2,18,21)(H2,19,20,22). The molecule has 120 valence electrons. The van der Waals surface area contributed by atoms with Gasteiger partial charge in [0, 0.05) is 5.69 Å². The Labute approximate surface area is 134 Å². The van der Waals surface area contributed by atoms with E-state index in [1.165, 1.54) is 0 Å². The third-order valence-corrected chi connectivity index (χ3v) is 2.99. The minimum absolute atomic E-state index is 0.184. The number of carbonyl (C=O) groups is 2. The van der Waals surface area contributed by atoms with Gasteiger partial charge in [-0.1, -0.05) is 30.3 Å². The van der Waals surface area contributed by atoms with Gasteiger partial charge in [0.05, 0.1) is 13.0 Å². The van der Waals surface area contributed by atoms with Crippen molar-refractivity contribution in [2.75, 3.05) is 18.5 Å². The number of rotatable bonds is 7. The summed E-state index contributed by atoms with van der Waals surface area (Å²) < 4.78 is 5.47. The van der Waals surface area contributed by atoms with Gasteiger partial charge in [-0.2, -0.15) is 0 Å². The van der Waals surface area contributed by atoms with Crippen molar-refractivity contribution < 1.29 is 14.3 Å². The van der Waals surface area contributed by atoms with Gasteiger partial charge in [-0.25, -0.2) is 4.79 Å². The number of nitrogens with one attached hydrogen (secondary N) is 2. The van der Waals surface area contributed by atoms with Gasteiger partial charge in [-0.3, -0.25) is 4.79 Å². The Morgan fingerprint density at radius 3 is 2.35 bits per heavy atom. The highest BCUT2D eigenvalue weighted by molar-refractivity contribution is 5.89. The molecule has 4 N–H and O–H groups in total. The van der Waals surface area contributed by atoms with Gasteiger partial charge < -0.3 is 21.1 Å². The molecule has 23 heavy (non-hydrogen) atoms. The number of anilines is 1. The molecular formula is C17H19N3O3. The van der Waals surface area contributed by atoms with E-state index in [-0.39, 0.29) is 18.4 Å². The predicted molar refractivity (Wildman–Crippen MR) is 88.3 cm³/mol. The van der Waals surface area contributed by atoms with Crippen LogP contribution in [0, 0.1) is 0 Å². The lowest BCUT2D eigenvalue weighted by Crippen LogP contribution is -2.32. The zero-order valence-corrected chi connectivity index (χ0v) is 12.6. The van der Waals surface area contributed by atoms with Crippen LogP contribution >= 0.6 is 0 Å². The molecule has 0 spiro atoms. The number of carbonyl (C=O) groups excluding carboxylic acids is 2. The SMILES string of the molecule is NC(=O)Cc1ccc(NC(=O)NCCOc2ccccc2)cc1. The number of ether oxygens (including phenoxy) is 1. The minimum Gasteiger partial charge on any atom is -0.492 e. The second kappa shape index (κ2) is 8.43. The van der Waals surface area contributed by atoms with Crippen molar-refractivity contribution in [3.63, 3.8) is 0 Å². The highest BCUT2D eigenvalue weighted by atomic mass is 16.5. The Balaban J connectivity index is 1.69. The molecule has 3 amide bonds. The Kier molecular flexibility index (Phi) is 5.99. The summed E-state index contributed by atoms with van der Waals surface area (Å²) in [6.45, 7) is 0.773. The molecule has 0 radical (unpaired) electrons. The van der Waals surface area contributed by atoms with Crippen LogP contribution in [0.4, 0.5) is 10.5 Å². The van der Waals surface area contributed by atoms with Crippen LogP contribution in [0.15, 0.2) is 54.6 Å². The summed E-state index contributed by atoms with van der Waals surface area (Å²) in [5, 5.41) is 5.40. The fraction of sp³-hybridized carbons (Fsp3) is 0.176. The zero-order chi connectivity index (χ0) is 16.5. The molecule has 0 atom stereocenters. The molecule has 0 heterocycles. The first kappa shape index (κ1) is 16.4. The topological polar surface area (TPSA) is 93.5 Å². The minimum atomic E-state index is -0.387. The summed E-state index contributed by atoms with van der Waals surface area (Å²) in [7, 11) is 0. The molecule has 0 unspecified atom stereocenters. The van der Waals surface area contributed by atoms with Gasteiger partial charge in [0.2, 0.25) is 5.91 Å². The summed E-state index contributed by atoms with van der Waals surface area (Å²) in [5.41, 5.74) is 6.57. The van der Waals surface area contributed by atoms with E-state index < -0.39 is 0 Å². The number of amides is 3. The number of para-hydroxylation sites is 1. The van der Waals surface area contributed by atoms with E-state index in [0.29, 0.717) is 18.8 Å². The van der Waals surface area contributed by atoms with Crippen LogP contribution in [0.3, 0.4) is 0 Å². The molecule has 2 aromatic carbocycles. The Hall–Kier alpha value is -3.02. The van der Waals surface area contributed by atoms with E-state index in [2.05, 4.69) is 10.6 Å². The average molecular weight is 313 g/mol. The maximum Gasteiger partial charge on any atom is 0.319 e. The van der Waals surface area contributed by atoms with Crippen LogP contribution in [0.25, 0.3) is 0 Å². The second-order valence-electron chi connectivity index (χ2n) is 4.88. The van der Waals surface area contributed by atoms with Crippen molar-refractivity contribution in [1.29, 1.82) is 0 Å².